The molecule has 2 atom stereocenters. The van der Waals surface area contributed by atoms with Crippen LogP contribution in [-0.2, 0) is 33.7 Å². The molecule has 1 aliphatic heterocycles. The summed E-state index contributed by atoms with van der Waals surface area (Å²) >= 11 is 2.95. The standard InChI is InChI=1S/C20H27N3O4S2/c1-12(17(24)21-11-13-5-4-9-27-13)28-20-22-18-16(14-6-3-7-15(14)29-18)19(25)23(20)8-10-26-2/h12-13H,3-11H2,1-2H3,(H,21,24)/t12-,13-/m1/s1. The smallest absolute Gasteiger partial charge is 0.263 e. The molecule has 2 aliphatic rings. The molecule has 1 amide bonds. The first-order valence-corrected chi connectivity index (χ1v) is 11.9. The lowest BCUT2D eigenvalue weighted by atomic mass is 10.2. The van der Waals surface area contributed by atoms with Gasteiger partial charge in [-0.15, -0.1) is 11.3 Å². The normalized spacial score (nSPS) is 19.6. The number of aromatic nitrogens is 2. The number of hydrogen-bond donors (Lipinski definition) is 1. The lowest BCUT2D eigenvalue weighted by molar-refractivity contribution is -0.120. The molecule has 0 bridgehead atoms. The summed E-state index contributed by atoms with van der Waals surface area (Å²) in [7, 11) is 1.62. The lowest BCUT2D eigenvalue weighted by Crippen LogP contribution is -2.37. The maximum absolute atomic E-state index is 13.3. The second-order valence-corrected chi connectivity index (χ2v) is 9.91. The van der Waals surface area contributed by atoms with Gasteiger partial charge in [0.1, 0.15) is 4.83 Å². The zero-order valence-corrected chi connectivity index (χ0v) is 18.5. The van der Waals surface area contributed by atoms with Crippen molar-refractivity contribution in [3.8, 4) is 0 Å². The van der Waals surface area contributed by atoms with Crippen molar-refractivity contribution >= 4 is 39.2 Å². The Hall–Kier alpha value is -1.42. The lowest BCUT2D eigenvalue weighted by Gasteiger charge is -2.17. The maximum Gasteiger partial charge on any atom is 0.263 e. The van der Waals surface area contributed by atoms with E-state index >= 15 is 0 Å². The van der Waals surface area contributed by atoms with Gasteiger partial charge in [-0.3, -0.25) is 14.2 Å². The fraction of sp³-hybridized carbons (Fsp3) is 0.650. The summed E-state index contributed by atoms with van der Waals surface area (Å²) < 4.78 is 12.4. The molecule has 7 nitrogen and oxygen atoms in total. The second kappa shape index (κ2) is 9.16. The van der Waals surface area contributed by atoms with E-state index in [1.54, 1.807) is 23.0 Å². The molecule has 3 heterocycles. The number of ether oxygens (including phenoxy) is 2. The number of nitrogens with one attached hydrogen (secondary N) is 1. The Bertz CT molecular complexity index is 949. The number of carbonyl (C=O) groups excluding carboxylic acids is 1. The van der Waals surface area contributed by atoms with E-state index in [4.69, 9.17) is 14.5 Å². The van der Waals surface area contributed by atoms with Gasteiger partial charge in [-0.1, -0.05) is 11.8 Å². The van der Waals surface area contributed by atoms with Crippen LogP contribution >= 0.6 is 23.1 Å². The van der Waals surface area contributed by atoms with Crippen LogP contribution in [0.5, 0.6) is 0 Å². The number of rotatable bonds is 8. The number of hydrogen-bond acceptors (Lipinski definition) is 7. The van der Waals surface area contributed by atoms with Gasteiger partial charge < -0.3 is 14.8 Å². The second-order valence-electron chi connectivity index (χ2n) is 7.52. The highest BCUT2D eigenvalue weighted by atomic mass is 32.2. The first-order chi connectivity index (χ1) is 14.1. The van der Waals surface area contributed by atoms with Crippen LogP contribution in [0.15, 0.2) is 9.95 Å². The first kappa shape index (κ1) is 20.8. The van der Waals surface area contributed by atoms with Crippen molar-refractivity contribution in [2.24, 2.45) is 0 Å². The van der Waals surface area contributed by atoms with Gasteiger partial charge in [0.15, 0.2) is 5.16 Å². The average molecular weight is 438 g/mol. The molecule has 0 unspecified atom stereocenters. The van der Waals surface area contributed by atoms with Crippen molar-refractivity contribution in [2.75, 3.05) is 26.9 Å². The van der Waals surface area contributed by atoms with Gasteiger partial charge in [-0.05, 0) is 44.6 Å². The molecule has 0 spiro atoms. The number of methoxy groups -OCH3 is 1. The van der Waals surface area contributed by atoms with E-state index in [0.717, 1.165) is 48.9 Å². The van der Waals surface area contributed by atoms with Crippen LogP contribution in [0.25, 0.3) is 10.2 Å². The molecule has 0 aromatic carbocycles. The first-order valence-electron chi connectivity index (χ1n) is 10.2. The number of fused-ring (bicyclic) bond motifs is 3. The van der Waals surface area contributed by atoms with Crippen molar-refractivity contribution in [3.05, 3.63) is 20.8 Å². The number of aryl methyl sites for hydroxylation is 2. The molecular weight excluding hydrogens is 410 g/mol. The predicted molar refractivity (Wildman–Crippen MR) is 115 cm³/mol. The largest absolute Gasteiger partial charge is 0.383 e. The third-order valence-corrected chi connectivity index (χ3v) is 7.76. The minimum Gasteiger partial charge on any atom is -0.383 e. The Labute approximate surface area is 178 Å². The van der Waals surface area contributed by atoms with Gasteiger partial charge in [0.2, 0.25) is 5.91 Å². The third kappa shape index (κ3) is 4.38. The number of thiophene rings is 1. The van der Waals surface area contributed by atoms with Crippen molar-refractivity contribution in [1.82, 2.24) is 14.9 Å². The highest BCUT2D eigenvalue weighted by molar-refractivity contribution is 8.00. The summed E-state index contributed by atoms with van der Waals surface area (Å²) in [6.45, 7) is 4.00. The summed E-state index contributed by atoms with van der Waals surface area (Å²) in [5, 5.41) is 3.95. The molecule has 2 aromatic heterocycles. The van der Waals surface area contributed by atoms with E-state index in [9.17, 15) is 9.59 Å². The van der Waals surface area contributed by atoms with Crippen LogP contribution in [-0.4, -0.2) is 53.7 Å². The summed E-state index contributed by atoms with van der Waals surface area (Å²) in [5.41, 5.74) is 1.16. The Morgan fingerprint density at radius 2 is 2.31 bits per heavy atom. The van der Waals surface area contributed by atoms with E-state index in [-0.39, 0.29) is 22.8 Å². The van der Waals surface area contributed by atoms with E-state index in [0.29, 0.717) is 24.9 Å². The number of nitrogens with zero attached hydrogens (tertiary/aromatic N) is 2. The fourth-order valence-corrected chi connectivity index (χ4v) is 6.16. The molecule has 0 radical (unpaired) electrons. The highest BCUT2D eigenvalue weighted by Gasteiger charge is 2.25. The molecule has 29 heavy (non-hydrogen) atoms. The quantitative estimate of drug-likeness (QED) is 0.504. The predicted octanol–water partition coefficient (Wildman–Crippen LogP) is 2.37. The van der Waals surface area contributed by atoms with Crippen molar-refractivity contribution < 1.29 is 14.3 Å². The minimum atomic E-state index is -0.360. The monoisotopic (exact) mass is 437 g/mol. The molecule has 2 aromatic rings. The molecule has 1 aliphatic carbocycles. The molecule has 9 heteroatoms. The van der Waals surface area contributed by atoms with Crippen LogP contribution in [0, 0.1) is 0 Å². The fourth-order valence-electron chi connectivity index (χ4n) is 3.90. The van der Waals surface area contributed by atoms with Gasteiger partial charge in [-0.25, -0.2) is 4.98 Å². The third-order valence-electron chi connectivity index (χ3n) is 5.49. The number of thioether (sulfide) groups is 1. The minimum absolute atomic E-state index is 0.0130. The Kier molecular flexibility index (Phi) is 6.58. The van der Waals surface area contributed by atoms with Gasteiger partial charge in [-0.2, -0.15) is 0 Å². The number of amides is 1. The summed E-state index contributed by atoms with van der Waals surface area (Å²) in [6.07, 6.45) is 5.22. The summed E-state index contributed by atoms with van der Waals surface area (Å²) in [5.74, 6) is -0.0631. The van der Waals surface area contributed by atoms with Gasteiger partial charge >= 0.3 is 0 Å². The zero-order chi connectivity index (χ0) is 20.4. The molecule has 1 fully saturated rings. The number of carbonyl (C=O) groups is 1. The molecule has 158 valence electrons. The van der Waals surface area contributed by atoms with Gasteiger partial charge in [0, 0.05) is 25.1 Å². The van der Waals surface area contributed by atoms with E-state index in [1.165, 1.54) is 22.2 Å². The van der Waals surface area contributed by atoms with Crippen LogP contribution in [0.3, 0.4) is 0 Å². The van der Waals surface area contributed by atoms with Crippen LogP contribution in [0.2, 0.25) is 0 Å². The molecular formula is C20H27N3O4S2. The van der Waals surface area contributed by atoms with E-state index < -0.39 is 0 Å². The maximum atomic E-state index is 13.3. The molecule has 4 rings (SSSR count). The summed E-state index contributed by atoms with van der Waals surface area (Å²) in [4.78, 5) is 32.7. The Balaban J connectivity index is 1.56. The van der Waals surface area contributed by atoms with Crippen LogP contribution in [0.4, 0.5) is 0 Å². The highest BCUT2D eigenvalue weighted by Crippen LogP contribution is 2.36. The SMILES string of the molecule is COCCn1c(S[C@H](C)C(=O)NC[C@H]2CCCO2)nc2sc3c(c2c1=O)CCC3. The molecule has 0 saturated carbocycles. The molecule has 1 N–H and O–H groups in total. The van der Waals surface area contributed by atoms with Gasteiger partial charge in [0.25, 0.3) is 5.56 Å². The van der Waals surface area contributed by atoms with Crippen LogP contribution < -0.4 is 10.9 Å². The summed E-state index contributed by atoms with van der Waals surface area (Å²) in [6, 6.07) is 0. The van der Waals surface area contributed by atoms with E-state index in [1.807, 2.05) is 6.92 Å². The Morgan fingerprint density at radius 1 is 1.45 bits per heavy atom. The van der Waals surface area contributed by atoms with E-state index in [2.05, 4.69) is 5.32 Å². The van der Waals surface area contributed by atoms with Crippen LogP contribution in [0.1, 0.15) is 36.6 Å². The zero-order valence-electron chi connectivity index (χ0n) is 16.9. The molecule has 1 saturated heterocycles. The van der Waals surface area contributed by atoms with Crippen molar-refractivity contribution in [2.45, 2.75) is 62.1 Å². The Morgan fingerprint density at radius 3 is 3.07 bits per heavy atom. The topological polar surface area (TPSA) is 82.4 Å². The van der Waals surface area contributed by atoms with Gasteiger partial charge in [0.05, 0.1) is 29.9 Å². The van der Waals surface area contributed by atoms with Crippen molar-refractivity contribution in [3.63, 3.8) is 0 Å². The average Bonchev–Trinajstić information content (AvgIpc) is 3.43. The van der Waals surface area contributed by atoms with Crippen molar-refractivity contribution in [1.29, 1.82) is 0 Å².